The molecule has 2 aromatic rings. The van der Waals surface area contributed by atoms with Gasteiger partial charge in [-0.05, 0) is 55.1 Å². The summed E-state index contributed by atoms with van der Waals surface area (Å²) in [5, 5.41) is 9.47. The van der Waals surface area contributed by atoms with Crippen molar-refractivity contribution in [3.8, 4) is 0 Å². The lowest BCUT2D eigenvalue weighted by molar-refractivity contribution is -0.121. The Labute approximate surface area is 154 Å². The van der Waals surface area contributed by atoms with E-state index in [0.29, 0.717) is 28.1 Å². The number of furan rings is 1. The molecule has 0 spiro atoms. The molecule has 1 aliphatic heterocycles. The van der Waals surface area contributed by atoms with E-state index in [1.165, 1.54) is 28.8 Å². The number of hydrogen-bond donors (Lipinski definition) is 1. The number of nitrogens with zero attached hydrogens (tertiary/aromatic N) is 2. The largest absolute Gasteiger partial charge is 0.478 e. The van der Waals surface area contributed by atoms with Crippen molar-refractivity contribution in [1.29, 1.82) is 0 Å². The normalized spacial score (nSPS) is 17.3. The van der Waals surface area contributed by atoms with Gasteiger partial charge in [0.15, 0.2) is 5.17 Å². The van der Waals surface area contributed by atoms with Crippen LogP contribution in [0, 0.1) is 6.92 Å². The van der Waals surface area contributed by atoms with Gasteiger partial charge in [-0.3, -0.25) is 9.69 Å². The van der Waals surface area contributed by atoms with Crippen molar-refractivity contribution >= 4 is 40.6 Å². The van der Waals surface area contributed by atoms with Gasteiger partial charge in [0.25, 0.3) is 5.91 Å². The highest BCUT2D eigenvalue weighted by atomic mass is 32.2. The number of carbonyl (C=O) groups is 2. The molecule has 1 fully saturated rings. The van der Waals surface area contributed by atoms with E-state index in [9.17, 15) is 9.59 Å². The van der Waals surface area contributed by atoms with Crippen LogP contribution in [0.25, 0.3) is 6.08 Å². The molecule has 1 aromatic heterocycles. The van der Waals surface area contributed by atoms with Crippen LogP contribution in [0.3, 0.4) is 0 Å². The Morgan fingerprint density at radius 3 is 2.62 bits per heavy atom. The highest BCUT2D eigenvalue weighted by Gasteiger charge is 2.32. The first-order chi connectivity index (χ1) is 12.5. The summed E-state index contributed by atoms with van der Waals surface area (Å²) in [5.74, 6) is 0.193. The Balaban J connectivity index is 1.91. The lowest BCUT2D eigenvalue weighted by atomic mass is 10.2. The predicted molar refractivity (Wildman–Crippen MR) is 101 cm³/mol. The van der Waals surface area contributed by atoms with E-state index in [1.54, 1.807) is 30.4 Å². The third-order valence-corrected chi connectivity index (χ3v) is 4.58. The van der Waals surface area contributed by atoms with Gasteiger partial charge in [-0.2, -0.15) is 0 Å². The first kappa shape index (κ1) is 17.8. The van der Waals surface area contributed by atoms with E-state index in [2.05, 4.69) is 11.6 Å². The average Bonchev–Trinajstić information content (AvgIpc) is 3.14. The zero-order chi connectivity index (χ0) is 18.7. The minimum Gasteiger partial charge on any atom is -0.478 e. The number of amides is 1. The number of aryl methyl sites for hydroxylation is 1. The second kappa shape index (κ2) is 7.45. The third kappa shape index (κ3) is 3.78. The SMILES string of the molecule is C=CCN1C(=O)/C(=C/c2ccc(C)o2)SC1=Nc1ccc(C(=O)O)cc1. The van der Waals surface area contributed by atoms with Crippen molar-refractivity contribution in [2.24, 2.45) is 4.99 Å². The van der Waals surface area contributed by atoms with Crippen molar-refractivity contribution in [3.05, 3.63) is 71.0 Å². The van der Waals surface area contributed by atoms with E-state index >= 15 is 0 Å². The van der Waals surface area contributed by atoms with Gasteiger partial charge in [0.05, 0.1) is 16.2 Å². The van der Waals surface area contributed by atoms with Crippen LogP contribution in [0.1, 0.15) is 21.9 Å². The summed E-state index contributed by atoms with van der Waals surface area (Å²) >= 11 is 1.24. The topological polar surface area (TPSA) is 83.1 Å². The summed E-state index contributed by atoms with van der Waals surface area (Å²) in [7, 11) is 0. The maximum atomic E-state index is 12.6. The Hall–Kier alpha value is -3.06. The second-order valence-corrected chi connectivity index (χ2v) is 6.52. The molecular weight excluding hydrogens is 352 g/mol. The summed E-state index contributed by atoms with van der Waals surface area (Å²) < 4.78 is 5.50. The van der Waals surface area contributed by atoms with Crippen molar-refractivity contribution < 1.29 is 19.1 Å². The quantitative estimate of drug-likeness (QED) is 0.635. The number of carboxylic acid groups (broad SMARTS) is 1. The lowest BCUT2D eigenvalue weighted by Gasteiger charge is -2.12. The smallest absolute Gasteiger partial charge is 0.335 e. The molecule has 1 aromatic carbocycles. The van der Waals surface area contributed by atoms with Crippen LogP contribution < -0.4 is 0 Å². The molecule has 1 aliphatic rings. The molecular formula is C19H16N2O4S. The van der Waals surface area contributed by atoms with Gasteiger partial charge >= 0.3 is 5.97 Å². The molecule has 26 heavy (non-hydrogen) atoms. The molecule has 7 heteroatoms. The maximum absolute atomic E-state index is 12.6. The number of aliphatic imine (C=N–C) groups is 1. The van der Waals surface area contributed by atoms with Crippen LogP contribution >= 0.6 is 11.8 Å². The first-order valence-corrected chi connectivity index (χ1v) is 8.60. The highest BCUT2D eigenvalue weighted by Crippen LogP contribution is 2.34. The van der Waals surface area contributed by atoms with Crippen LogP contribution in [0.2, 0.25) is 0 Å². The number of aromatic carboxylic acids is 1. The fourth-order valence-electron chi connectivity index (χ4n) is 2.33. The maximum Gasteiger partial charge on any atom is 0.335 e. The van der Waals surface area contributed by atoms with Crippen molar-refractivity contribution in [1.82, 2.24) is 4.90 Å². The number of benzene rings is 1. The van der Waals surface area contributed by atoms with E-state index in [1.807, 2.05) is 13.0 Å². The second-order valence-electron chi connectivity index (χ2n) is 5.51. The number of carboxylic acids is 1. The van der Waals surface area contributed by atoms with Crippen molar-refractivity contribution in [2.75, 3.05) is 6.54 Å². The van der Waals surface area contributed by atoms with E-state index in [0.717, 1.165) is 5.76 Å². The molecule has 3 rings (SSSR count). The molecule has 2 heterocycles. The minimum absolute atomic E-state index is 0.176. The summed E-state index contributed by atoms with van der Waals surface area (Å²) in [4.78, 5) is 30.1. The Morgan fingerprint density at radius 2 is 2.04 bits per heavy atom. The summed E-state index contributed by atoms with van der Waals surface area (Å²) in [5.41, 5.74) is 0.746. The predicted octanol–water partition coefficient (Wildman–Crippen LogP) is 4.08. The number of amidine groups is 1. The van der Waals surface area contributed by atoms with E-state index in [-0.39, 0.29) is 11.5 Å². The van der Waals surface area contributed by atoms with Gasteiger partial charge in [0.1, 0.15) is 11.5 Å². The summed E-state index contributed by atoms with van der Waals surface area (Å²) in [6, 6.07) is 9.79. The molecule has 0 saturated carbocycles. The van der Waals surface area contributed by atoms with E-state index < -0.39 is 5.97 Å². The monoisotopic (exact) mass is 368 g/mol. The average molecular weight is 368 g/mol. The zero-order valence-corrected chi connectivity index (χ0v) is 14.8. The molecule has 0 radical (unpaired) electrons. The Bertz CT molecular complexity index is 925. The number of hydrogen-bond acceptors (Lipinski definition) is 5. The zero-order valence-electron chi connectivity index (χ0n) is 14.0. The van der Waals surface area contributed by atoms with Gasteiger partial charge in [-0.1, -0.05) is 6.08 Å². The number of carbonyl (C=O) groups excluding carboxylic acids is 1. The molecule has 1 saturated heterocycles. The molecule has 6 nitrogen and oxygen atoms in total. The molecule has 0 aliphatic carbocycles. The van der Waals surface area contributed by atoms with Gasteiger partial charge < -0.3 is 9.52 Å². The van der Waals surface area contributed by atoms with Gasteiger partial charge in [0.2, 0.25) is 0 Å². The van der Waals surface area contributed by atoms with Crippen LogP contribution in [0.5, 0.6) is 0 Å². The lowest BCUT2D eigenvalue weighted by Crippen LogP contribution is -2.29. The number of rotatable bonds is 5. The number of thioether (sulfide) groups is 1. The van der Waals surface area contributed by atoms with Gasteiger partial charge in [-0.25, -0.2) is 9.79 Å². The first-order valence-electron chi connectivity index (χ1n) is 7.78. The Kier molecular flexibility index (Phi) is 5.09. The molecule has 0 atom stereocenters. The third-order valence-electron chi connectivity index (χ3n) is 3.57. The molecule has 0 unspecified atom stereocenters. The van der Waals surface area contributed by atoms with Crippen molar-refractivity contribution in [2.45, 2.75) is 6.92 Å². The summed E-state index contributed by atoms with van der Waals surface area (Å²) in [6.07, 6.45) is 3.31. The fraction of sp³-hybridized carbons (Fsp3) is 0.105. The fourth-order valence-corrected chi connectivity index (χ4v) is 3.32. The van der Waals surface area contributed by atoms with Crippen LogP contribution in [-0.4, -0.2) is 33.6 Å². The van der Waals surface area contributed by atoms with Gasteiger partial charge in [0, 0.05) is 12.6 Å². The minimum atomic E-state index is -0.998. The molecule has 0 bridgehead atoms. The molecule has 132 valence electrons. The van der Waals surface area contributed by atoms with E-state index in [4.69, 9.17) is 9.52 Å². The van der Waals surface area contributed by atoms with Crippen molar-refractivity contribution in [3.63, 3.8) is 0 Å². The Morgan fingerprint density at radius 1 is 1.31 bits per heavy atom. The van der Waals surface area contributed by atoms with Gasteiger partial charge in [-0.15, -0.1) is 6.58 Å². The molecule has 1 amide bonds. The van der Waals surface area contributed by atoms with Crippen LogP contribution in [-0.2, 0) is 4.79 Å². The van der Waals surface area contributed by atoms with Crippen LogP contribution in [0.15, 0.2) is 63.4 Å². The highest BCUT2D eigenvalue weighted by molar-refractivity contribution is 8.18. The summed E-state index contributed by atoms with van der Waals surface area (Å²) in [6.45, 7) is 5.84. The molecule has 1 N–H and O–H groups in total. The van der Waals surface area contributed by atoms with Crippen LogP contribution in [0.4, 0.5) is 5.69 Å². The standard InChI is InChI=1S/C19H16N2O4S/c1-3-10-21-17(22)16(11-15-9-4-12(2)25-15)26-19(21)20-14-7-5-13(6-8-14)18(23)24/h3-9,11H,1,10H2,2H3,(H,23,24)/b16-11-,20-19?.